The normalized spacial score (nSPS) is 15.0. The van der Waals surface area contributed by atoms with Gasteiger partial charge in [-0.15, -0.1) is 0 Å². The molecule has 0 amide bonds. The Bertz CT molecular complexity index is 2170. The Morgan fingerprint density at radius 3 is 1.77 bits per heavy atom. The van der Waals surface area contributed by atoms with E-state index in [4.69, 9.17) is 0 Å². The van der Waals surface area contributed by atoms with Gasteiger partial charge in [0.25, 0.3) is 0 Å². The van der Waals surface area contributed by atoms with E-state index < -0.39 is 0 Å². The number of para-hydroxylation sites is 1. The number of fused-ring (bicyclic) bond motifs is 6. The second kappa shape index (κ2) is 11.4. The number of rotatable bonds is 6. The van der Waals surface area contributed by atoms with E-state index in [0.717, 1.165) is 30.8 Å². The molecule has 2 nitrogen and oxygen atoms in total. The molecule has 234 valence electrons. The first-order valence-corrected chi connectivity index (χ1v) is 17.4. The molecule has 0 bridgehead atoms. The topological polar surface area (TPSA) is 8.17 Å². The van der Waals surface area contributed by atoms with Gasteiger partial charge in [0.05, 0.1) is 0 Å². The number of aromatic nitrogens is 1. The maximum absolute atomic E-state index is 2.58. The molecule has 5 aromatic carbocycles. The summed E-state index contributed by atoms with van der Waals surface area (Å²) in [6.07, 6.45) is 14.1. The number of hydrogen-bond donors (Lipinski definition) is 0. The molecule has 0 fully saturated rings. The van der Waals surface area contributed by atoms with Gasteiger partial charge in [0, 0.05) is 40.4 Å². The molecule has 48 heavy (non-hydrogen) atoms. The van der Waals surface area contributed by atoms with Crippen molar-refractivity contribution in [3.05, 3.63) is 173 Å². The average Bonchev–Trinajstić information content (AvgIpc) is 3.57. The Morgan fingerprint density at radius 1 is 0.562 bits per heavy atom. The summed E-state index contributed by atoms with van der Waals surface area (Å²) in [7, 11) is 0. The van der Waals surface area contributed by atoms with Crippen molar-refractivity contribution in [3.8, 4) is 22.3 Å². The maximum atomic E-state index is 2.58. The van der Waals surface area contributed by atoms with E-state index in [1.165, 1.54) is 68.9 Å². The summed E-state index contributed by atoms with van der Waals surface area (Å²) >= 11 is 0. The van der Waals surface area contributed by atoms with Gasteiger partial charge in [0.2, 0.25) is 0 Å². The van der Waals surface area contributed by atoms with E-state index >= 15 is 0 Å². The second-order valence-electron chi connectivity index (χ2n) is 14.0. The highest BCUT2D eigenvalue weighted by Crippen LogP contribution is 2.51. The van der Waals surface area contributed by atoms with Gasteiger partial charge in [-0.2, -0.15) is 0 Å². The van der Waals surface area contributed by atoms with Crippen LogP contribution >= 0.6 is 0 Å². The Kier molecular flexibility index (Phi) is 6.86. The van der Waals surface area contributed by atoms with Crippen LogP contribution in [0.1, 0.15) is 65.9 Å². The third-order valence-electron chi connectivity index (χ3n) is 10.8. The van der Waals surface area contributed by atoms with E-state index in [2.05, 4.69) is 169 Å². The fourth-order valence-corrected chi connectivity index (χ4v) is 8.37. The third kappa shape index (κ3) is 4.70. The number of benzene rings is 5. The standard InChI is InChI=1S/C46H40N2/c1-46(2)42-29-32(31-47-44-19-11-9-17-40(44)41-18-10-12-20-45(41)47)21-27-38(42)39-28-26-37(30-43(39)46)48(35-15-7-4-8-16-35)36-24-22-34(23-25-36)33-13-5-3-6-14-33/h3-8,11-16,19-30H,9-10,17-18,31H2,1-2H3. The third-order valence-corrected chi connectivity index (χ3v) is 10.8. The minimum Gasteiger partial charge on any atom is -0.337 e. The Balaban J connectivity index is 1.08. The van der Waals surface area contributed by atoms with Gasteiger partial charge in [-0.25, -0.2) is 0 Å². The van der Waals surface area contributed by atoms with Crippen LogP contribution < -0.4 is 4.90 Å². The van der Waals surface area contributed by atoms with Gasteiger partial charge in [0.1, 0.15) is 0 Å². The summed E-state index contributed by atoms with van der Waals surface area (Å²) in [6.45, 7) is 5.70. The van der Waals surface area contributed by atoms with Crippen LogP contribution in [-0.4, -0.2) is 4.57 Å². The summed E-state index contributed by atoms with van der Waals surface area (Å²) in [5.41, 5.74) is 18.7. The van der Waals surface area contributed by atoms with Gasteiger partial charge in [-0.05, 0) is 124 Å². The van der Waals surface area contributed by atoms with Crippen molar-refractivity contribution in [2.75, 3.05) is 4.90 Å². The van der Waals surface area contributed by atoms with Gasteiger partial charge < -0.3 is 9.47 Å². The van der Waals surface area contributed by atoms with Crippen molar-refractivity contribution >= 4 is 29.2 Å². The Morgan fingerprint density at radius 2 is 1.10 bits per heavy atom. The summed E-state index contributed by atoms with van der Waals surface area (Å²) in [5, 5.41) is 0. The van der Waals surface area contributed by atoms with Crippen LogP contribution in [0, 0.1) is 0 Å². The summed E-state index contributed by atoms with van der Waals surface area (Å²) < 4.78 is 2.58. The molecule has 6 aromatic rings. The smallest absolute Gasteiger partial charge is 0.0482 e. The highest BCUT2D eigenvalue weighted by molar-refractivity contribution is 5.86. The van der Waals surface area contributed by atoms with Crippen molar-refractivity contribution in [2.24, 2.45) is 0 Å². The van der Waals surface area contributed by atoms with Crippen LogP contribution in [-0.2, 0) is 24.8 Å². The molecule has 3 aliphatic rings. The van der Waals surface area contributed by atoms with Crippen molar-refractivity contribution in [1.82, 2.24) is 4.57 Å². The highest BCUT2D eigenvalue weighted by atomic mass is 15.1. The molecule has 0 radical (unpaired) electrons. The van der Waals surface area contributed by atoms with Gasteiger partial charge in [-0.3, -0.25) is 0 Å². The predicted molar refractivity (Wildman–Crippen MR) is 202 cm³/mol. The first-order valence-electron chi connectivity index (χ1n) is 17.4. The zero-order valence-corrected chi connectivity index (χ0v) is 27.8. The first kappa shape index (κ1) is 28.8. The van der Waals surface area contributed by atoms with Crippen LogP contribution in [0.2, 0.25) is 0 Å². The molecule has 0 N–H and O–H groups in total. The molecular formula is C46H40N2. The van der Waals surface area contributed by atoms with E-state index in [0.29, 0.717) is 0 Å². The quantitative estimate of drug-likeness (QED) is 0.180. The molecule has 0 saturated carbocycles. The number of anilines is 3. The van der Waals surface area contributed by atoms with Crippen molar-refractivity contribution in [1.29, 1.82) is 0 Å². The van der Waals surface area contributed by atoms with Crippen LogP contribution in [0.25, 0.3) is 34.4 Å². The van der Waals surface area contributed by atoms with Crippen LogP contribution in [0.5, 0.6) is 0 Å². The highest BCUT2D eigenvalue weighted by Gasteiger charge is 2.36. The monoisotopic (exact) mass is 620 g/mol. The molecule has 0 unspecified atom stereocenters. The minimum atomic E-state index is -0.119. The molecule has 0 atom stereocenters. The molecule has 1 heterocycles. The SMILES string of the molecule is CC1(C)c2cc(Cn3c4c(c5c3C=CCC5)CCC=C4)ccc2-c2ccc(N(c3ccccc3)c3ccc(-c4ccccc4)cc3)cc21. The Labute approximate surface area is 284 Å². The van der Waals surface area contributed by atoms with Crippen molar-refractivity contribution in [3.63, 3.8) is 0 Å². The molecule has 0 aliphatic heterocycles. The minimum absolute atomic E-state index is 0.119. The average molecular weight is 621 g/mol. The summed E-state index contributed by atoms with van der Waals surface area (Å²) in [5.74, 6) is 0. The number of hydrogen-bond acceptors (Lipinski definition) is 1. The van der Waals surface area contributed by atoms with E-state index in [1.54, 1.807) is 11.1 Å². The molecule has 1 aromatic heterocycles. The van der Waals surface area contributed by atoms with Crippen LogP contribution in [0.15, 0.2) is 133 Å². The molecular weight excluding hydrogens is 581 g/mol. The van der Waals surface area contributed by atoms with Crippen molar-refractivity contribution < 1.29 is 0 Å². The number of nitrogens with zero attached hydrogens (tertiary/aromatic N) is 2. The van der Waals surface area contributed by atoms with Gasteiger partial charge in [-0.1, -0.05) is 111 Å². The first-order chi connectivity index (χ1) is 23.6. The van der Waals surface area contributed by atoms with E-state index in [-0.39, 0.29) is 5.41 Å². The van der Waals surface area contributed by atoms with Gasteiger partial charge >= 0.3 is 0 Å². The lowest BCUT2D eigenvalue weighted by atomic mass is 9.81. The lowest BCUT2D eigenvalue weighted by molar-refractivity contribution is 0.657. The predicted octanol–water partition coefficient (Wildman–Crippen LogP) is 11.9. The molecule has 0 saturated heterocycles. The zero-order valence-electron chi connectivity index (χ0n) is 27.8. The van der Waals surface area contributed by atoms with Crippen LogP contribution in [0.4, 0.5) is 17.1 Å². The Hall–Kier alpha value is -5.34. The maximum Gasteiger partial charge on any atom is 0.0482 e. The number of allylic oxidation sites excluding steroid dienone is 2. The summed E-state index contributed by atoms with van der Waals surface area (Å²) in [4.78, 5) is 2.39. The largest absolute Gasteiger partial charge is 0.337 e. The van der Waals surface area contributed by atoms with E-state index in [1.807, 2.05) is 0 Å². The summed E-state index contributed by atoms with van der Waals surface area (Å²) in [6, 6.07) is 44.6. The molecule has 9 rings (SSSR count). The molecule has 3 aliphatic carbocycles. The lowest BCUT2D eigenvalue weighted by Crippen LogP contribution is -2.17. The van der Waals surface area contributed by atoms with E-state index in [9.17, 15) is 0 Å². The lowest BCUT2D eigenvalue weighted by Gasteiger charge is -2.28. The van der Waals surface area contributed by atoms with Crippen LogP contribution in [0.3, 0.4) is 0 Å². The zero-order chi connectivity index (χ0) is 32.2. The van der Waals surface area contributed by atoms with Crippen molar-refractivity contribution in [2.45, 2.75) is 51.5 Å². The fourth-order valence-electron chi connectivity index (χ4n) is 8.37. The molecule has 0 spiro atoms. The van der Waals surface area contributed by atoms with Gasteiger partial charge in [0.15, 0.2) is 0 Å². The fraction of sp³-hybridized carbons (Fsp3) is 0.174. The molecule has 2 heteroatoms. The second-order valence-corrected chi connectivity index (χ2v) is 14.0.